The molecule has 3 aromatic heterocycles. The molecule has 0 bridgehead atoms. The molecule has 0 fully saturated rings. The van der Waals surface area contributed by atoms with E-state index in [2.05, 4.69) is 60.7 Å². The van der Waals surface area contributed by atoms with Crippen LogP contribution in [-0.2, 0) is 0 Å². The Morgan fingerprint density at radius 1 is 0.439 bits per heavy atom. The smallest absolute Gasteiger partial charge is 0.164 e. The van der Waals surface area contributed by atoms with E-state index in [1.165, 1.54) is 14.8 Å². The van der Waals surface area contributed by atoms with Gasteiger partial charge in [-0.3, -0.25) is 0 Å². The summed E-state index contributed by atoms with van der Waals surface area (Å²) < 4.78 is 2.40. The highest BCUT2D eigenvalue weighted by Crippen LogP contribution is 2.43. The summed E-state index contributed by atoms with van der Waals surface area (Å²) >= 11 is 1.79. The molecule has 0 saturated carbocycles. The van der Waals surface area contributed by atoms with Crippen LogP contribution in [-0.4, -0.2) is 19.9 Å². The Kier molecular flexibility index (Phi) is 5.61. The molecule has 3 heterocycles. The first kappa shape index (κ1) is 23.6. The molecule has 0 aliphatic rings. The van der Waals surface area contributed by atoms with Crippen molar-refractivity contribution in [3.63, 3.8) is 0 Å². The molecule has 0 atom stereocenters. The van der Waals surface area contributed by atoms with Gasteiger partial charge in [0.2, 0.25) is 0 Å². The van der Waals surface area contributed by atoms with Crippen LogP contribution in [0.15, 0.2) is 133 Å². The second kappa shape index (κ2) is 9.73. The highest BCUT2D eigenvalue weighted by molar-refractivity contribution is 7.26. The van der Waals surface area contributed by atoms with Gasteiger partial charge in [0, 0.05) is 47.8 Å². The van der Waals surface area contributed by atoms with Crippen molar-refractivity contribution in [1.82, 2.24) is 19.9 Å². The fraction of sp³-hybridized carbons (Fsp3) is 0. The van der Waals surface area contributed by atoms with Crippen LogP contribution >= 0.6 is 11.3 Å². The van der Waals surface area contributed by atoms with Gasteiger partial charge in [0.25, 0.3) is 0 Å². The van der Waals surface area contributed by atoms with E-state index in [4.69, 9.17) is 19.9 Å². The molecule has 5 aromatic carbocycles. The zero-order valence-electron chi connectivity index (χ0n) is 21.9. The summed E-state index contributed by atoms with van der Waals surface area (Å²) in [5.41, 5.74) is 6.01. The van der Waals surface area contributed by atoms with E-state index in [1.807, 2.05) is 72.8 Å². The minimum absolute atomic E-state index is 0.659. The number of fused-ring (bicyclic) bond motifs is 4. The van der Waals surface area contributed by atoms with Crippen molar-refractivity contribution in [2.24, 2.45) is 0 Å². The van der Waals surface area contributed by atoms with E-state index >= 15 is 0 Å². The molecule has 0 N–H and O–H groups in total. The number of thiophene rings is 1. The number of benzene rings is 5. The fourth-order valence-electron chi connectivity index (χ4n) is 5.38. The molecular weight excluding hydrogens is 520 g/mol. The third-order valence-electron chi connectivity index (χ3n) is 7.34. The standard InChI is InChI=1S/C36H22N4S/c1-3-12-24(13-4-1)34-38-35(25-14-5-2-6-15-25)40-36(39-34)28-18-10-20-31-32(28)27-17-9-16-26(33(27)41-31)30-22-21-23-11-7-8-19-29(23)37-30/h1-22H. The van der Waals surface area contributed by atoms with Gasteiger partial charge in [0.1, 0.15) is 0 Å². The van der Waals surface area contributed by atoms with Crippen LogP contribution in [0.1, 0.15) is 0 Å². The van der Waals surface area contributed by atoms with E-state index in [-0.39, 0.29) is 0 Å². The summed E-state index contributed by atoms with van der Waals surface area (Å²) in [6.45, 7) is 0. The van der Waals surface area contributed by atoms with E-state index in [0.29, 0.717) is 17.5 Å². The van der Waals surface area contributed by atoms with Crippen molar-refractivity contribution in [1.29, 1.82) is 0 Å². The minimum Gasteiger partial charge on any atom is -0.248 e. The van der Waals surface area contributed by atoms with Gasteiger partial charge in [0.05, 0.1) is 11.2 Å². The summed E-state index contributed by atoms with van der Waals surface area (Å²) in [5, 5.41) is 3.47. The van der Waals surface area contributed by atoms with Crippen molar-refractivity contribution < 1.29 is 0 Å². The van der Waals surface area contributed by atoms with Gasteiger partial charge < -0.3 is 0 Å². The van der Waals surface area contributed by atoms with Gasteiger partial charge in [-0.1, -0.05) is 115 Å². The van der Waals surface area contributed by atoms with E-state index in [0.717, 1.165) is 44.2 Å². The molecule has 192 valence electrons. The number of rotatable bonds is 4. The van der Waals surface area contributed by atoms with Crippen LogP contribution in [0.4, 0.5) is 0 Å². The Morgan fingerprint density at radius 2 is 1.07 bits per heavy atom. The average molecular weight is 543 g/mol. The topological polar surface area (TPSA) is 51.6 Å². The SMILES string of the molecule is c1ccc(-c2nc(-c3ccccc3)nc(-c3cccc4sc5c(-c6ccc7ccccc7n6)cccc5c34)n2)cc1. The monoisotopic (exact) mass is 542 g/mol. The Balaban J connectivity index is 1.36. The number of para-hydroxylation sites is 1. The zero-order valence-corrected chi connectivity index (χ0v) is 22.7. The summed E-state index contributed by atoms with van der Waals surface area (Å²) in [6, 6.07) is 45.6. The molecule has 8 aromatic rings. The van der Waals surface area contributed by atoms with E-state index < -0.39 is 0 Å². The van der Waals surface area contributed by atoms with Gasteiger partial charge >= 0.3 is 0 Å². The number of aromatic nitrogens is 4. The predicted octanol–water partition coefficient (Wildman–Crippen LogP) is 9.46. The summed E-state index contributed by atoms with van der Waals surface area (Å²) in [7, 11) is 0. The van der Waals surface area contributed by atoms with E-state index in [9.17, 15) is 0 Å². The molecule has 0 unspecified atom stereocenters. The second-order valence-electron chi connectivity index (χ2n) is 9.89. The lowest BCUT2D eigenvalue weighted by atomic mass is 10.0. The Labute approximate surface area is 240 Å². The first-order valence-corrected chi connectivity index (χ1v) is 14.3. The lowest BCUT2D eigenvalue weighted by molar-refractivity contribution is 1.08. The predicted molar refractivity (Wildman–Crippen MR) is 170 cm³/mol. The average Bonchev–Trinajstić information content (AvgIpc) is 3.44. The Bertz CT molecular complexity index is 2150. The van der Waals surface area contributed by atoms with Gasteiger partial charge in [-0.15, -0.1) is 11.3 Å². The van der Waals surface area contributed by atoms with Crippen molar-refractivity contribution in [3.05, 3.63) is 133 Å². The highest BCUT2D eigenvalue weighted by Gasteiger charge is 2.18. The van der Waals surface area contributed by atoms with Crippen molar-refractivity contribution in [3.8, 4) is 45.4 Å². The Morgan fingerprint density at radius 3 is 1.83 bits per heavy atom. The molecule has 0 aliphatic carbocycles. The van der Waals surface area contributed by atoms with Gasteiger partial charge in [0.15, 0.2) is 17.5 Å². The summed E-state index contributed by atoms with van der Waals surface area (Å²) in [4.78, 5) is 19.9. The zero-order chi connectivity index (χ0) is 27.2. The molecule has 0 radical (unpaired) electrons. The maximum absolute atomic E-state index is 5.02. The third-order valence-corrected chi connectivity index (χ3v) is 8.54. The minimum atomic E-state index is 0.659. The molecule has 0 aliphatic heterocycles. The number of nitrogens with zero attached hydrogens (tertiary/aromatic N) is 4. The highest BCUT2D eigenvalue weighted by atomic mass is 32.1. The van der Waals surface area contributed by atoms with Crippen molar-refractivity contribution >= 4 is 42.4 Å². The lowest BCUT2D eigenvalue weighted by Gasteiger charge is -2.09. The van der Waals surface area contributed by atoms with Gasteiger partial charge in [-0.2, -0.15) is 0 Å². The van der Waals surface area contributed by atoms with Crippen molar-refractivity contribution in [2.45, 2.75) is 0 Å². The van der Waals surface area contributed by atoms with Gasteiger partial charge in [-0.25, -0.2) is 19.9 Å². The quantitative estimate of drug-likeness (QED) is 0.222. The van der Waals surface area contributed by atoms with Crippen LogP contribution in [0.25, 0.3) is 76.5 Å². The molecule has 4 nitrogen and oxygen atoms in total. The molecule has 0 amide bonds. The largest absolute Gasteiger partial charge is 0.248 e. The number of hydrogen-bond donors (Lipinski definition) is 0. The molecule has 41 heavy (non-hydrogen) atoms. The van der Waals surface area contributed by atoms with Crippen LogP contribution in [0.3, 0.4) is 0 Å². The number of hydrogen-bond acceptors (Lipinski definition) is 5. The summed E-state index contributed by atoms with van der Waals surface area (Å²) in [6.07, 6.45) is 0. The molecule has 0 saturated heterocycles. The first-order valence-electron chi connectivity index (χ1n) is 13.5. The maximum atomic E-state index is 5.02. The molecule has 0 spiro atoms. The third kappa shape index (κ3) is 4.15. The first-order chi connectivity index (χ1) is 20.3. The molecule has 8 rings (SSSR count). The normalized spacial score (nSPS) is 11.4. The summed E-state index contributed by atoms with van der Waals surface area (Å²) in [5.74, 6) is 1.98. The number of pyridine rings is 1. The lowest BCUT2D eigenvalue weighted by Crippen LogP contribution is -2.00. The van der Waals surface area contributed by atoms with Crippen LogP contribution < -0.4 is 0 Å². The Hall–Kier alpha value is -5.26. The van der Waals surface area contributed by atoms with Gasteiger partial charge in [-0.05, 0) is 18.2 Å². The van der Waals surface area contributed by atoms with Crippen molar-refractivity contribution in [2.75, 3.05) is 0 Å². The molecular formula is C36H22N4S. The molecule has 5 heteroatoms. The van der Waals surface area contributed by atoms with E-state index in [1.54, 1.807) is 11.3 Å². The fourth-order valence-corrected chi connectivity index (χ4v) is 6.63. The van der Waals surface area contributed by atoms with Crippen LogP contribution in [0.2, 0.25) is 0 Å². The second-order valence-corrected chi connectivity index (χ2v) is 10.9. The van der Waals surface area contributed by atoms with Crippen LogP contribution in [0, 0.1) is 0 Å². The maximum Gasteiger partial charge on any atom is 0.164 e. The van der Waals surface area contributed by atoms with Crippen LogP contribution in [0.5, 0.6) is 0 Å².